The summed E-state index contributed by atoms with van der Waals surface area (Å²) in [5.41, 5.74) is 1.12. The molecule has 6 rings (SSSR count). The van der Waals surface area contributed by atoms with E-state index in [1.54, 1.807) is 12.8 Å². The third-order valence-corrected chi connectivity index (χ3v) is 20.7. The minimum Gasteiger partial charge on any atom is -0.0776 e. The Labute approximate surface area is 554 Å². The van der Waals surface area contributed by atoms with Gasteiger partial charge in [0.05, 0.1) is 0 Å². The van der Waals surface area contributed by atoms with E-state index in [0.29, 0.717) is 10.8 Å². The third kappa shape index (κ3) is 71.3. The summed E-state index contributed by atoms with van der Waals surface area (Å²) in [6, 6.07) is 0. The van der Waals surface area contributed by atoms with Crippen molar-refractivity contribution in [1.82, 2.24) is 0 Å². The second kappa shape index (κ2) is 73.1. The average Bonchev–Trinajstić information content (AvgIpc) is 3.92. The maximum atomic E-state index is 2.47. The van der Waals surface area contributed by atoms with E-state index >= 15 is 0 Å². The standard InChI is InChI=1S/C17H32.C15H28.C10H22.C7H14.C7H16.C6H12.C6H14.C5H12.2C2H6.8CH4/c1-12-5-7-16(9-14(12)3)11-17-8-6-13(2)15(4)10-17;1-12-3-7-14(8-4-12)11-15-9-5-13(2)6-10-15;1-4-7-8-9-10(5-2)6-3;1-7-5-3-2-4-6-7;1-5-7(3,4)6-2;1-6-4-2-3-5-6;1-5-6(2,3)4;1-4-5(2)3;2*1-2;;;;;;;;/h12-17H,5-11H2,1-4H3;12-15H,3-11H2,1-2H3;10H,4-9H2,1-3H3;7H,2-6H2,1H3;5-6H2,1-4H3;6H,2-5H2,1H3;5H2,1-4H3;5H,4H2,1-3H3;2*1-2H3;8*1H4. The molecule has 0 spiro atoms. The molecule has 0 nitrogen and oxygen atoms in total. The molecule has 0 heterocycles. The molecule has 6 atom stereocenters. The Balaban J connectivity index is -0.0000000725. The van der Waals surface area contributed by atoms with Crippen LogP contribution in [0.4, 0.5) is 0 Å². The molecule has 0 aromatic heterocycles. The molecular formula is C85H194. The van der Waals surface area contributed by atoms with Crippen LogP contribution < -0.4 is 0 Å². The maximum absolute atomic E-state index is 2.47. The Hall–Kier alpha value is 0. The van der Waals surface area contributed by atoms with Gasteiger partial charge in [-0.15, -0.1) is 0 Å². The smallest absolute Gasteiger partial charge is 0.0359 e. The van der Waals surface area contributed by atoms with Crippen LogP contribution in [0.25, 0.3) is 0 Å². The first-order valence-electron chi connectivity index (χ1n) is 36.4. The summed E-state index contributed by atoms with van der Waals surface area (Å²) in [5.74, 6) is 14.3. The van der Waals surface area contributed by atoms with Crippen molar-refractivity contribution >= 4 is 0 Å². The molecule has 85 heavy (non-hydrogen) atoms. The molecule has 0 aromatic carbocycles. The van der Waals surface area contributed by atoms with Crippen LogP contribution in [0.3, 0.4) is 0 Å². The van der Waals surface area contributed by atoms with E-state index in [9.17, 15) is 0 Å². The van der Waals surface area contributed by atoms with E-state index in [1.807, 2.05) is 27.7 Å². The molecule has 0 aliphatic heterocycles. The normalized spacial score (nSPS) is 24.8. The van der Waals surface area contributed by atoms with Gasteiger partial charge in [-0.25, -0.2) is 0 Å². The van der Waals surface area contributed by atoms with Crippen molar-refractivity contribution in [3.05, 3.63) is 0 Å². The predicted octanol–water partition coefficient (Wildman–Crippen LogP) is 33.8. The van der Waals surface area contributed by atoms with Crippen LogP contribution >= 0.6 is 0 Å². The van der Waals surface area contributed by atoms with Gasteiger partial charge in [0, 0.05) is 0 Å². The molecule has 0 radical (unpaired) electrons. The van der Waals surface area contributed by atoms with E-state index < -0.39 is 0 Å². The number of hydrogen-bond acceptors (Lipinski definition) is 0. The molecule has 6 unspecified atom stereocenters. The van der Waals surface area contributed by atoms with Gasteiger partial charge in [-0.3, -0.25) is 0 Å². The van der Waals surface area contributed by atoms with Crippen LogP contribution in [0.5, 0.6) is 0 Å². The second-order valence-corrected chi connectivity index (χ2v) is 29.9. The lowest BCUT2D eigenvalue weighted by Gasteiger charge is -2.37. The zero-order valence-electron chi connectivity index (χ0n) is 59.8. The highest BCUT2D eigenvalue weighted by Gasteiger charge is 2.30. The molecule has 6 aliphatic rings. The lowest BCUT2D eigenvalue weighted by Crippen LogP contribution is -2.26. The van der Waals surface area contributed by atoms with Gasteiger partial charge in [0.15, 0.2) is 0 Å². The van der Waals surface area contributed by atoms with Gasteiger partial charge in [-0.05, 0) is 119 Å². The first kappa shape index (κ1) is 113. The molecule has 534 valence electrons. The van der Waals surface area contributed by atoms with E-state index in [0.717, 1.165) is 82.9 Å². The molecule has 6 saturated carbocycles. The van der Waals surface area contributed by atoms with Gasteiger partial charge in [-0.2, -0.15) is 0 Å². The second-order valence-electron chi connectivity index (χ2n) is 29.9. The maximum Gasteiger partial charge on any atom is -0.0359 e. The van der Waals surface area contributed by atoms with Crippen molar-refractivity contribution in [3.63, 3.8) is 0 Å². The minimum atomic E-state index is 0. The van der Waals surface area contributed by atoms with E-state index in [-0.39, 0.29) is 59.4 Å². The van der Waals surface area contributed by atoms with Crippen molar-refractivity contribution in [2.24, 2.45) is 93.7 Å². The van der Waals surface area contributed by atoms with Gasteiger partial charge in [0.25, 0.3) is 0 Å². The van der Waals surface area contributed by atoms with Crippen LogP contribution in [0.15, 0.2) is 0 Å². The Kier molecular flexibility index (Phi) is 96.7. The summed E-state index contributed by atoms with van der Waals surface area (Å²) in [4.78, 5) is 0. The van der Waals surface area contributed by atoms with Crippen LogP contribution in [0.1, 0.15) is 464 Å². The molecular weight excluding hydrogens is 1020 g/mol. The van der Waals surface area contributed by atoms with Crippen LogP contribution in [-0.4, -0.2) is 0 Å². The molecule has 0 amide bonds. The summed E-state index contributed by atoms with van der Waals surface area (Å²) < 4.78 is 0. The summed E-state index contributed by atoms with van der Waals surface area (Å²) in [6.45, 7) is 58.9. The van der Waals surface area contributed by atoms with Crippen molar-refractivity contribution in [2.75, 3.05) is 0 Å². The zero-order chi connectivity index (χ0) is 59.8. The van der Waals surface area contributed by atoms with E-state index in [2.05, 4.69) is 152 Å². The Bertz CT molecular complexity index is 1060. The van der Waals surface area contributed by atoms with Crippen LogP contribution in [0.2, 0.25) is 0 Å². The van der Waals surface area contributed by atoms with Gasteiger partial charge in [0.2, 0.25) is 0 Å². The largest absolute Gasteiger partial charge is 0.0776 e. The molecule has 0 N–H and O–H groups in total. The fraction of sp³-hybridized carbons (Fsp3) is 1.00. The van der Waals surface area contributed by atoms with E-state index in [1.165, 1.54) is 212 Å². The van der Waals surface area contributed by atoms with Gasteiger partial charge < -0.3 is 0 Å². The van der Waals surface area contributed by atoms with Crippen molar-refractivity contribution in [1.29, 1.82) is 0 Å². The predicted molar refractivity (Wildman–Crippen MR) is 417 cm³/mol. The van der Waals surface area contributed by atoms with Gasteiger partial charge in [0.1, 0.15) is 0 Å². The topological polar surface area (TPSA) is 0 Å². The molecule has 0 bridgehead atoms. The summed E-state index contributed by atoms with van der Waals surface area (Å²) in [7, 11) is 0. The van der Waals surface area contributed by atoms with E-state index in [4.69, 9.17) is 0 Å². The zero-order valence-corrected chi connectivity index (χ0v) is 59.8. The highest BCUT2D eigenvalue weighted by Crippen LogP contribution is 2.42. The number of unbranched alkanes of at least 4 members (excludes halogenated alkanes) is 2. The van der Waals surface area contributed by atoms with Crippen molar-refractivity contribution in [2.45, 2.75) is 464 Å². The monoisotopic (exact) mass is 1220 g/mol. The quantitative estimate of drug-likeness (QED) is 0.161. The first-order valence-corrected chi connectivity index (χ1v) is 36.4. The summed E-state index contributed by atoms with van der Waals surface area (Å²) in [6.07, 6.45) is 51.3. The highest BCUT2D eigenvalue weighted by atomic mass is 14.4. The molecule has 6 aliphatic carbocycles. The SMILES string of the molecule is C.C.C.C.C.C.C.C.CC.CC.CC1CCC(CC2CCC(C)C(C)C2)CC1C.CC1CCC(CC2CCC(C)CC2)CC1.CC1CCCC1.CC1CCCCC1.CCC(C)(C)C.CCC(C)(C)CC.CCC(C)C.CCCCCC(CC)CC. The Morgan fingerprint density at radius 2 is 0.600 bits per heavy atom. The van der Waals surface area contributed by atoms with Gasteiger partial charge >= 0.3 is 0 Å². The van der Waals surface area contributed by atoms with Crippen molar-refractivity contribution < 1.29 is 0 Å². The molecule has 0 aromatic rings. The molecule has 6 fully saturated rings. The third-order valence-electron chi connectivity index (χ3n) is 20.7. The van der Waals surface area contributed by atoms with Gasteiger partial charge in [-0.1, -0.05) is 438 Å². The van der Waals surface area contributed by atoms with Crippen LogP contribution in [-0.2, 0) is 0 Å². The fourth-order valence-corrected chi connectivity index (χ4v) is 11.9. The summed E-state index contributed by atoms with van der Waals surface area (Å²) >= 11 is 0. The number of rotatable bonds is 13. The molecule has 0 heteroatoms. The van der Waals surface area contributed by atoms with Crippen LogP contribution in [0, 0.1) is 93.7 Å². The average molecular weight is 1220 g/mol. The minimum absolute atomic E-state index is 0. The lowest BCUT2D eigenvalue weighted by molar-refractivity contribution is 0.139. The fourth-order valence-electron chi connectivity index (χ4n) is 11.9. The first-order chi connectivity index (χ1) is 36.4. The highest BCUT2D eigenvalue weighted by molar-refractivity contribution is 4.82. The Morgan fingerprint density at radius 3 is 0.800 bits per heavy atom. The lowest BCUT2D eigenvalue weighted by atomic mass is 9.68. The Morgan fingerprint density at radius 1 is 0.329 bits per heavy atom. The number of hydrogen-bond donors (Lipinski definition) is 0. The molecule has 0 saturated heterocycles. The van der Waals surface area contributed by atoms with Crippen molar-refractivity contribution in [3.8, 4) is 0 Å². The summed E-state index contributed by atoms with van der Waals surface area (Å²) in [5, 5.41) is 0.